The Bertz CT molecular complexity index is 671. The molecule has 8 nitrogen and oxygen atoms in total. The van der Waals surface area contributed by atoms with Gasteiger partial charge in [0.15, 0.2) is 0 Å². The number of nitrogens with zero attached hydrogens (tertiary/aromatic N) is 1. The van der Waals surface area contributed by atoms with Gasteiger partial charge in [-0.05, 0) is 39.2 Å². The maximum atomic E-state index is 12.4. The summed E-state index contributed by atoms with van der Waals surface area (Å²) in [6, 6.07) is 7.88. The molecule has 0 radical (unpaired) electrons. The Morgan fingerprint density at radius 2 is 1.85 bits per heavy atom. The van der Waals surface area contributed by atoms with E-state index < -0.39 is 35.8 Å². The normalized spacial score (nSPS) is 19.9. The summed E-state index contributed by atoms with van der Waals surface area (Å²) in [6.07, 6.45) is -0.671. The van der Waals surface area contributed by atoms with Crippen molar-refractivity contribution in [3.8, 4) is 0 Å². The van der Waals surface area contributed by atoms with Crippen molar-refractivity contribution in [3.05, 3.63) is 35.9 Å². The van der Waals surface area contributed by atoms with Crippen LogP contribution in [0.3, 0.4) is 0 Å². The van der Waals surface area contributed by atoms with Gasteiger partial charge in [-0.2, -0.15) is 0 Å². The lowest BCUT2D eigenvalue weighted by Gasteiger charge is -2.38. The van der Waals surface area contributed by atoms with E-state index in [1.54, 1.807) is 20.8 Å². The summed E-state index contributed by atoms with van der Waals surface area (Å²) in [5.74, 6) is -1.09. The molecule has 0 aromatic heterocycles. The molecule has 1 aliphatic heterocycles. The number of ether oxygens (including phenoxy) is 2. The van der Waals surface area contributed by atoms with Gasteiger partial charge in [0, 0.05) is 6.54 Å². The van der Waals surface area contributed by atoms with E-state index in [-0.39, 0.29) is 19.6 Å². The molecule has 1 heterocycles. The molecule has 2 unspecified atom stereocenters. The van der Waals surface area contributed by atoms with Gasteiger partial charge in [-0.3, -0.25) is 4.90 Å². The Hall–Kier alpha value is -2.77. The molecule has 1 saturated heterocycles. The summed E-state index contributed by atoms with van der Waals surface area (Å²) >= 11 is 0. The zero-order valence-electron chi connectivity index (χ0n) is 15.8. The summed E-state index contributed by atoms with van der Waals surface area (Å²) < 4.78 is 10.5. The second kappa shape index (κ2) is 8.75. The van der Waals surface area contributed by atoms with Gasteiger partial charge in [0.2, 0.25) is 0 Å². The predicted octanol–water partition coefficient (Wildman–Crippen LogP) is 2.77. The zero-order valence-corrected chi connectivity index (χ0v) is 15.8. The second-order valence-electron chi connectivity index (χ2n) is 7.47. The smallest absolute Gasteiger partial charge is 0.411 e. The molecule has 2 N–H and O–H groups in total. The maximum absolute atomic E-state index is 12.4. The highest BCUT2D eigenvalue weighted by molar-refractivity contribution is 5.80. The number of piperidine rings is 1. The molecule has 0 aliphatic carbocycles. The van der Waals surface area contributed by atoms with Crippen molar-refractivity contribution < 1.29 is 29.0 Å². The molecule has 2 amide bonds. The average molecular weight is 378 g/mol. The molecule has 0 bridgehead atoms. The van der Waals surface area contributed by atoms with Gasteiger partial charge in [-0.1, -0.05) is 30.3 Å². The molecule has 1 aromatic carbocycles. The van der Waals surface area contributed by atoms with Crippen LogP contribution in [0, 0.1) is 0 Å². The third-order valence-corrected chi connectivity index (χ3v) is 4.03. The first-order chi connectivity index (χ1) is 12.7. The van der Waals surface area contributed by atoms with Gasteiger partial charge in [-0.15, -0.1) is 0 Å². The van der Waals surface area contributed by atoms with E-state index in [0.29, 0.717) is 6.42 Å². The van der Waals surface area contributed by atoms with Crippen LogP contribution in [-0.2, 0) is 20.9 Å². The molecule has 1 aliphatic rings. The monoisotopic (exact) mass is 378 g/mol. The lowest BCUT2D eigenvalue weighted by molar-refractivity contribution is -0.144. The molecular weight excluding hydrogens is 352 g/mol. The molecule has 0 saturated carbocycles. The van der Waals surface area contributed by atoms with E-state index in [9.17, 15) is 19.5 Å². The number of carboxylic acid groups (broad SMARTS) is 1. The Balaban J connectivity index is 1.93. The number of alkyl carbamates (subject to hydrolysis) is 1. The number of rotatable bonds is 4. The fraction of sp³-hybridized carbons (Fsp3) is 0.526. The Morgan fingerprint density at radius 1 is 1.19 bits per heavy atom. The lowest BCUT2D eigenvalue weighted by Crippen LogP contribution is -2.57. The fourth-order valence-electron chi connectivity index (χ4n) is 2.80. The highest BCUT2D eigenvalue weighted by atomic mass is 16.6. The highest BCUT2D eigenvalue weighted by Crippen LogP contribution is 2.21. The van der Waals surface area contributed by atoms with Crippen molar-refractivity contribution in [1.29, 1.82) is 0 Å². The van der Waals surface area contributed by atoms with Gasteiger partial charge >= 0.3 is 18.2 Å². The summed E-state index contributed by atoms with van der Waals surface area (Å²) in [7, 11) is 0. The van der Waals surface area contributed by atoms with Crippen LogP contribution in [0.5, 0.6) is 0 Å². The number of amides is 2. The van der Waals surface area contributed by atoms with Crippen molar-refractivity contribution in [3.63, 3.8) is 0 Å². The lowest BCUT2D eigenvalue weighted by atomic mass is 9.99. The first-order valence-corrected chi connectivity index (χ1v) is 8.85. The van der Waals surface area contributed by atoms with Crippen LogP contribution >= 0.6 is 0 Å². The minimum Gasteiger partial charge on any atom is -0.480 e. The first kappa shape index (κ1) is 20.5. The molecular formula is C19H26N2O6. The largest absolute Gasteiger partial charge is 0.480 e. The molecule has 0 spiro atoms. The number of carbonyl (C=O) groups is 3. The summed E-state index contributed by atoms with van der Waals surface area (Å²) in [5, 5.41) is 12.1. The highest BCUT2D eigenvalue weighted by Gasteiger charge is 2.38. The molecule has 27 heavy (non-hydrogen) atoms. The van der Waals surface area contributed by atoms with Gasteiger partial charge in [-0.25, -0.2) is 14.4 Å². The molecule has 148 valence electrons. The number of carboxylic acids is 1. The SMILES string of the molecule is CC(C)(C)OC(=O)N1CC(NC(=O)OCc2ccccc2)CCC1C(=O)O. The molecule has 2 rings (SSSR count). The Morgan fingerprint density at radius 3 is 2.44 bits per heavy atom. The van der Waals surface area contributed by atoms with E-state index in [0.717, 1.165) is 10.5 Å². The fourth-order valence-corrected chi connectivity index (χ4v) is 2.80. The summed E-state index contributed by atoms with van der Waals surface area (Å²) in [4.78, 5) is 37.0. The molecule has 8 heteroatoms. The Labute approximate surface area is 158 Å². The van der Waals surface area contributed by atoms with Crippen LogP contribution in [0.2, 0.25) is 0 Å². The predicted molar refractivity (Wildman–Crippen MR) is 97.1 cm³/mol. The minimum absolute atomic E-state index is 0.0479. The van der Waals surface area contributed by atoms with E-state index in [1.807, 2.05) is 30.3 Å². The number of likely N-dealkylation sites (tertiary alicyclic amines) is 1. The molecule has 2 atom stereocenters. The van der Waals surface area contributed by atoms with Crippen LogP contribution in [0.15, 0.2) is 30.3 Å². The standard InChI is InChI=1S/C19H26N2O6/c1-19(2,3)27-18(25)21-11-14(9-10-15(21)16(22)23)20-17(24)26-12-13-7-5-4-6-8-13/h4-8,14-15H,9-12H2,1-3H3,(H,20,24)(H,22,23). The van der Waals surface area contributed by atoms with E-state index in [1.165, 1.54) is 0 Å². The minimum atomic E-state index is -1.09. The van der Waals surface area contributed by atoms with Gasteiger partial charge < -0.3 is 19.9 Å². The first-order valence-electron chi connectivity index (χ1n) is 8.85. The van der Waals surface area contributed by atoms with E-state index in [2.05, 4.69) is 5.32 Å². The molecule has 1 aromatic rings. The van der Waals surface area contributed by atoms with Crippen molar-refractivity contribution in [1.82, 2.24) is 10.2 Å². The van der Waals surface area contributed by atoms with Crippen molar-refractivity contribution in [2.24, 2.45) is 0 Å². The number of carbonyl (C=O) groups excluding carboxylic acids is 2. The van der Waals surface area contributed by atoms with Gasteiger partial charge in [0.05, 0.1) is 6.04 Å². The van der Waals surface area contributed by atoms with Gasteiger partial charge in [0.25, 0.3) is 0 Å². The van der Waals surface area contributed by atoms with Crippen LogP contribution in [-0.4, -0.2) is 52.4 Å². The van der Waals surface area contributed by atoms with E-state index >= 15 is 0 Å². The summed E-state index contributed by atoms with van der Waals surface area (Å²) in [6.45, 7) is 5.31. The second-order valence-corrected chi connectivity index (χ2v) is 7.47. The van der Waals surface area contributed by atoms with Crippen molar-refractivity contribution in [2.45, 2.75) is 57.9 Å². The maximum Gasteiger partial charge on any atom is 0.411 e. The van der Waals surface area contributed by atoms with E-state index in [4.69, 9.17) is 9.47 Å². The number of hydrogen-bond donors (Lipinski definition) is 2. The zero-order chi connectivity index (χ0) is 20.0. The van der Waals surface area contributed by atoms with Crippen LogP contribution in [0.1, 0.15) is 39.2 Å². The van der Waals surface area contributed by atoms with Crippen molar-refractivity contribution >= 4 is 18.2 Å². The number of benzene rings is 1. The van der Waals surface area contributed by atoms with Crippen LogP contribution in [0.4, 0.5) is 9.59 Å². The van der Waals surface area contributed by atoms with Crippen LogP contribution in [0.25, 0.3) is 0 Å². The van der Waals surface area contributed by atoms with Crippen molar-refractivity contribution in [2.75, 3.05) is 6.54 Å². The number of hydrogen-bond acceptors (Lipinski definition) is 5. The molecule has 1 fully saturated rings. The average Bonchev–Trinajstić information content (AvgIpc) is 2.59. The summed E-state index contributed by atoms with van der Waals surface area (Å²) in [5.41, 5.74) is 0.118. The number of nitrogens with one attached hydrogen (secondary N) is 1. The number of aliphatic carboxylic acids is 1. The quantitative estimate of drug-likeness (QED) is 0.835. The third-order valence-electron chi connectivity index (χ3n) is 4.03. The Kier molecular flexibility index (Phi) is 6.65. The van der Waals surface area contributed by atoms with Gasteiger partial charge in [0.1, 0.15) is 18.2 Å². The topological polar surface area (TPSA) is 105 Å². The third kappa shape index (κ3) is 6.47. The van der Waals surface area contributed by atoms with Crippen LogP contribution < -0.4 is 5.32 Å².